The normalized spacial score (nSPS) is 18.5. The molecular formula is C17H27N3O. The fourth-order valence-electron chi connectivity index (χ4n) is 2.89. The van der Waals surface area contributed by atoms with Gasteiger partial charge in [-0.15, -0.1) is 0 Å². The molecule has 1 atom stereocenters. The molecule has 1 aliphatic rings. The highest BCUT2D eigenvalue weighted by Crippen LogP contribution is 2.13. The third-order valence-electron chi connectivity index (χ3n) is 4.15. The molecule has 0 bridgehead atoms. The van der Waals surface area contributed by atoms with Gasteiger partial charge in [0.2, 0.25) is 5.91 Å². The van der Waals surface area contributed by atoms with Crippen LogP contribution in [-0.2, 0) is 11.3 Å². The molecule has 4 heteroatoms. The molecule has 1 aromatic heterocycles. The lowest BCUT2D eigenvalue weighted by Crippen LogP contribution is -2.36. The van der Waals surface area contributed by atoms with E-state index in [1.165, 1.54) is 19.3 Å². The standard InChI is InChI=1S/C17H27N3O/c1-3-20(13-16-9-6-7-14(2)19-16)17(21)11-10-15-8-4-5-12-18-15/h6-7,9,15,18H,3-5,8,10-13H2,1-2H3. The summed E-state index contributed by atoms with van der Waals surface area (Å²) >= 11 is 0. The van der Waals surface area contributed by atoms with Gasteiger partial charge in [-0.3, -0.25) is 9.78 Å². The van der Waals surface area contributed by atoms with Crippen molar-refractivity contribution >= 4 is 5.91 Å². The van der Waals surface area contributed by atoms with Crippen molar-refractivity contribution in [3.8, 4) is 0 Å². The summed E-state index contributed by atoms with van der Waals surface area (Å²) in [5.41, 5.74) is 1.98. The monoisotopic (exact) mass is 289 g/mol. The predicted molar refractivity (Wildman–Crippen MR) is 84.9 cm³/mol. The molecule has 21 heavy (non-hydrogen) atoms. The minimum absolute atomic E-state index is 0.244. The number of pyridine rings is 1. The van der Waals surface area contributed by atoms with Gasteiger partial charge < -0.3 is 10.2 Å². The number of piperidine rings is 1. The summed E-state index contributed by atoms with van der Waals surface area (Å²) in [7, 11) is 0. The van der Waals surface area contributed by atoms with E-state index in [1.54, 1.807) is 0 Å². The molecule has 1 amide bonds. The highest BCUT2D eigenvalue weighted by Gasteiger charge is 2.17. The van der Waals surface area contributed by atoms with Gasteiger partial charge in [0.15, 0.2) is 0 Å². The van der Waals surface area contributed by atoms with Crippen LogP contribution in [0.1, 0.15) is 50.4 Å². The van der Waals surface area contributed by atoms with Gasteiger partial charge in [-0.1, -0.05) is 12.5 Å². The minimum atomic E-state index is 0.244. The number of nitrogens with one attached hydrogen (secondary N) is 1. The highest BCUT2D eigenvalue weighted by molar-refractivity contribution is 5.76. The maximum absolute atomic E-state index is 12.4. The minimum Gasteiger partial charge on any atom is -0.337 e. The van der Waals surface area contributed by atoms with Gasteiger partial charge in [0.1, 0.15) is 0 Å². The average Bonchev–Trinajstić information content (AvgIpc) is 2.51. The number of amides is 1. The molecule has 1 aromatic rings. The second-order valence-corrected chi connectivity index (χ2v) is 5.86. The van der Waals surface area contributed by atoms with Gasteiger partial charge in [-0.05, 0) is 51.8 Å². The van der Waals surface area contributed by atoms with Crippen molar-refractivity contribution in [1.29, 1.82) is 0 Å². The summed E-state index contributed by atoms with van der Waals surface area (Å²) in [6.07, 6.45) is 5.36. The smallest absolute Gasteiger partial charge is 0.222 e. The van der Waals surface area contributed by atoms with Crippen LogP contribution in [-0.4, -0.2) is 34.9 Å². The van der Waals surface area contributed by atoms with E-state index in [2.05, 4.69) is 10.3 Å². The Labute approximate surface area is 127 Å². The number of hydrogen-bond donors (Lipinski definition) is 1. The molecule has 0 spiro atoms. The molecule has 2 heterocycles. The molecule has 1 fully saturated rings. The van der Waals surface area contributed by atoms with Gasteiger partial charge in [-0.2, -0.15) is 0 Å². The molecule has 2 rings (SSSR count). The molecule has 116 valence electrons. The van der Waals surface area contributed by atoms with E-state index < -0.39 is 0 Å². The number of nitrogens with zero attached hydrogens (tertiary/aromatic N) is 2. The van der Waals surface area contributed by atoms with Gasteiger partial charge in [0, 0.05) is 24.7 Å². The Morgan fingerprint density at radius 1 is 1.43 bits per heavy atom. The summed E-state index contributed by atoms with van der Waals surface area (Å²) in [5.74, 6) is 0.244. The lowest BCUT2D eigenvalue weighted by atomic mass is 10.0. The highest BCUT2D eigenvalue weighted by atomic mass is 16.2. The van der Waals surface area contributed by atoms with Crippen LogP contribution in [0.2, 0.25) is 0 Å². The molecule has 0 saturated carbocycles. The quantitative estimate of drug-likeness (QED) is 0.875. The molecule has 4 nitrogen and oxygen atoms in total. The zero-order valence-corrected chi connectivity index (χ0v) is 13.3. The van der Waals surface area contributed by atoms with Gasteiger partial charge >= 0.3 is 0 Å². The second kappa shape index (κ2) is 8.13. The number of rotatable bonds is 6. The Morgan fingerprint density at radius 2 is 2.29 bits per heavy atom. The van der Waals surface area contributed by atoms with Crippen molar-refractivity contribution in [3.05, 3.63) is 29.6 Å². The van der Waals surface area contributed by atoms with Gasteiger partial charge in [0.05, 0.1) is 12.2 Å². The van der Waals surface area contributed by atoms with Crippen LogP contribution in [0, 0.1) is 6.92 Å². The van der Waals surface area contributed by atoms with E-state index in [4.69, 9.17) is 0 Å². The zero-order valence-electron chi connectivity index (χ0n) is 13.3. The van der Waals surface area contributed by atoms with E-state index in [-0.39, 0.29) is 5.91 Å². The summed E-state index contributed by atoms with van der Waals surface area (Å²) in [6.45, 7) is 6.48. The van der Waals surface area contributed by atoms with Gasteiger partial charge in [-0.25, -0.2) is 0 Å². The number of hydrogen-bond acceptors (Lipinski definition) is 3. The number of aryl methyl sites for hydroxylation is 1. The number of aromatic nitrogens is 1. The average molecular weight is 289 g/mol. The fourth-order valence-corrected chi connectivity index (χ4v) is 2.89. The number of carbonyl (C=O) groups is 1. The van der Waals surface area contributed by atoms with Crippen molar-refractivity contribution in [1.82, 2.24) is 15.2 Å². The fraction of sp³-hybridized carbons (Fsp3) is 0.647. The molecule has 1 unspecified atom stereocenters. The Bertz CT molecular complexity index is 455. The maximum Gasteiger partial charge on any atom is 0.222 e. The SMILES string of the molecule is CCN(Cc1cccc(C)n1)C(=O)CCC1CCCCN1. The van der Waals surface area contributed by atoms with Crippen molar-refractivity contribution in [2.24, 2.45) is 0 Å². The zero-order chi connectivity index (χ0) is 15.1. The van der Waals surface area contributed by atoms with Crippen molar-refractivity contribution < 1.29 is 4.79 Å². The first-order chi connectivity index (χ1) is 10.2. The third kappa shape index (κ3) is 5.12. The van der Waals surface area contributed by atoms with Crippen molar-refractivity contribution in [3.63, 3.8) is 0 Å². The van der Waals surface area contributed by atoms with Crippen LogP contribution < -0.4 is 5.32 Å². The number of carbonyl (C=O) groups excluding carboxylic acids is 1. The lowest BCUT2D eigenvalue weighted by Gasteiger charge is -2.25. The lowest BCUT2D eigenvalue weighted by molar-refractivity contribution is -0.131. The third-order valence-corrected chi connectivity index (χ3v) is 4.15. The molecule has 1 saturated heterocycles. The van der Waals surface area contributed by atoms with E-state index in [0.717, 1.165) is 30.9 Å². The molecular weight excluding hydrogens is 262 g/mol. The first-order valence-corrected chi connectivity index (χ1v) is 8.12. The Morgan fingerprint density at radius 3 is 2.95 bits per heavy atom. The maximum atomic E-state index is 12.4. The van der Waals surface area contributed by atoms with Crippen LogP contribution in [0.4, 0.5) is 0 Å². The van der Waals surface area contributed by atoms with E-state index >= 15 is 0 Å². The first kappa shape index (κ1) is 16.0. The van der Waals surface area contributed by atoms with Crippen LogP contribution in [0.15, 0.2) is 18.2 Å². The van der Waals surface area contributed by atoms with Crippen LogP contribution in [0.25, 0.3) is 0 Å². The largest absolute Gasteiger partial charge is 0.337 e. The van der Waals surface area contributed by atoms with E-state index in [0.29, 0.717) is 19.0 Å². The molecule has 1 aliphatic heterocycles. The Kier molecular flexibility index (Phi) is 6.18. The van der Waals surface area contributed by atoms with E-state index in [1.807, 2.05) is 36.9 Å². The van der Waals surface area contributed by atoms with Crippen LogP contribution in [0.5, 0.6) is 0 Å². The summed E-state index contributed by atoms with van der Waals surface area (Å²) in [4.78, 5) is 18.8. The molecule has 0 aliphatic carbocycles. The topological polar surface area (TPSA) is 45.2 Å². The van der Waals surface area contributed by atoms with Gasteiger partial charge in [0.25, 0.3) is 0 Å². The molecule has 0 radical (unpaired) electrons. The van der Waals surface area contributed by atoms with Crippen molar-refractivity contribution in [2.75, 3.05) is 13.1 Å². The van der Waals surface area contributed by atoms with Crippen LogP contribution in [0.3, 0.4) is 0 Å². The predicted octanol–water partition coefficient (Wildman–Crippen LogP) is 2.66. The second-order valence-electron chi connectivity index (χ2n) is 5.86. The molecule has 1 N–H and O–H groups in total. The van der Waals surface area contributed by atoms with E-state index in [9.17, 15) is 4.79 Å². The summed E-state index contributed by atoms with van der Waals surface area (Å²) < 4.78 is 0. The summed E-state index contributed by atoms with van der Waals surface area (Å²) in [6, 6.07) is 6.50. The summed E-state index contributed by atoms with van der Waals surface area (Å²) in [5, 5.41) is 3.51. The first-order valence-electron chi connectivity index (χ1n) is 8.12. The van der Waals surface area contributed by atoms with Crippen molar-refractivity contribution in [2.45, 2.75) is 58.5 Å². The Hall–Kier alpha value is -1.42. The Balaban J connectivity index is 1.83. The molecule has 0 aromatic carbocycles. The van der Waals surface area contributed by atoms with Crippen LogP contribution >= 0.6 is 0 Å².